The maximum absolute atomic E-state index is 6.80. The van der Waals surface area contributed by atoms with Crippen molar-refractivity contribution in [3.8, 4) is 16.9 Å². The molecule has 1 N–H and O–H groups in total. The molecule has 0 radical (unpaired) electrons. The van der Waals surface area contributed by atoms with Crippen LogP contribution in [0, 0.1) is 11.8 Å². The lowest BCUT2D eigenvalue weighted by molar-refractivity contribution is 0.169. The van der Waals surface area contributed by atoms with Gasteiger partial charge in [0.1, 0.15) is 23.5 Å². The number of aliphatic imine (C=N–C) groups is 2. The fourth-order valence-electron chi connectivity index (χ4n) is 9.37. The van der Waals surface area contributed by atoms with Gasteiger partial charge in [0.25, 0.3) is 0 Å². The summed E-state index contributed by atoms with van der Waals surface area (Å²) in [5.41, 5.74) is 10.4. The van der Waals surface area contributed by atoms with Crippen LogP contribution in [0.4, 0.5) is 0 Å². The molecule has 10 rings (SSSR count). The van der Waals surface area contributed by atoms with Gasteiger partial charge in [-0.25, -0.2) is 9.98 Å². The largest absolute Gasteiger partial charge is 0.485 e. The first kappa shape index (κ1) is 34.0. The zero-order chi connectivity index (χ0) is 37.3. The first-order valence-corrected chi connectivity index (χ1v) is 19.8. The SMILES string of the molecule is C1=CCC2Oc3ccccc3C(c3ccccc3)(C3C=CC=CC3C3N=C(C4=CC=C(c5ccccc5)CC4)NC(c4ccc(-c5ccccc5)cc4)=N3)C2=C1. The Morgan fingerprint density at radius 3 is 1.95 bits per heavy atom. The molecule has 0 fully saturated rings. The van der Waals surface area contributed by atoms with Crippen molar-refractivity contribution in [3.63, 3.8) is 0 Å². The van der Waals surface area contributed by atoms with Gasteiger partial charge in [-0.15, -0.1) is 0 Å². The quantitative estimate of drug-likeness (QED) is 0.182. The number of nitrogens with zero attached hydrogens (tertiary/aromatic N) is 2. The molecular formula is C52H43N3O. The highest BCUT2D eigenvalue weighted by Gasteiger charge is 2.54. The van der Waals surface area contributed by atoms with E-state index in [1.54, 1.807) is 0 Å². The van der Waals surface area contributed by atoms with Gasteiger partial charge in [0.2, 0.25) is 0 Å². The fourth-order valence-corrected chi connectivity index (χ4v) is 9.37. The second kappa shape index (κ2) is 14.6. The number of benzene rings is 5. The normalized spacial score (nSPS) is 24.9. The molecule has 4 nitrogen and oxygen atoms in total. The van der Waals surface area contributed by atoms with Gasteiger partial charge in [-0.1, -0.05) is 188 Å². The van der Waals surface area contributed by atoms with E-state index in [0.29, 0.717) is 0 Å². The summed E-state index contributed by atoms with van der Waals surface area (Å²) in [6, 6.07) is 49.7. The molecule has 0 saturated heterocycles. The number of para-hydroxylation sites is 1. The summed E-state index contributed by atoms with van der Waals surface area (Å²) in [7, 11) is 0. The molecule has 0 aromatic heterocycles. The molecule has 3 aliphatic carbocycles. The molecule has 0 spiro atoms. The van der Waals surface area contributed by atoms with Crippen LogP contribution in [-0.2, 0) is 5.41 Å². The van der Waals surface area contributed by atoms with Gasteiger partial charge in [-0.05, 0) is 57.9 Å². The van der Waals surface area contributed by atoms with Gasteiger partial charge >= 0.3 is 0 Å². The van der Waals surface area contributed by atoms with E-state index < -0.39 is 5.41 Å². The number of fused-ring (bicyclic) bond motifs is 2. The molecule has 5 atom stereocenters. The van der Waals surface area contributed by atoms with E-state index >= 15 is 0 Å². The van der Waals surface area contributed by atoms with Crippen molar-refractivity contribution in [2.75, 3.05) is 0 Å². The Balaban J connectivity index is 1.12. The van der Waals surface area contributed by atoms with Crippen molar-refractivity contribution in [3.05, 3.63) is 228 Å². The van der Waals surface area contributed by atoms with Gasteiger partial charge in [0.05, 0.1) is 5.41 Å². The average Bonchev–Trinajstić information content (AvgIpc) is 3.29. The van der Waals surface area contributed by atoms with E-state index in [1.807, 2.05) is 0 Å². The lowest BCUT2D eigenvalue weighted by Crippen LogP contribution is -2.51. The number of ether oxygens (including phenoxy) is 1. The van der Waals surface area contributed by atoms with Gasteiger partial charge in [-0.2, -0.15) is 0 Å². The predicted octanol–water partition coefficient (Wildman–Crippen LogP) is 11.2. The highest BCUT2D eigenvalue weighted by Crippen LogP contribution is 2.58. The molecule has 272 valence electrons. The van der Waals surface area contributed by atoms with Gasteiger partial charge in [0, 0.05) is 29.4 Å². The highest BCUT2D eigenvalue weighted by atomic mass is 16.5. The molecule has 5 aromatic rings. The van der Waals surface area contributed by atoms with E-state index in [2.05, 4.69) is 200 Å². The molecular weight excluding hydrogens is 683 g/mol. The summed E-state index contributed by atoms with van der Waals surface area (Å²) < 4.78 is 6.80. The monoisotopic (exact) mass is 725 g/mol. The van der Waals surface area contributed by atoms with E-state index in [-0.39, 0.29) is 24.1 Å². The second-order valence-electron chi connectivity index (χ2n) is 15.1. The van der Waals surface area contributed by atoms with E-state index in [9.17, 15) is 0 Å². The Hall–Kier alpha value is -6.52. The third kappa shape index (κ3) is 6.02. The minimum atomic E-state index is -0.511. The molecule has 4 heteroatoms. The van der Waals surface area contributed by atoms with Crippen LogP contribution in [0.2, 0.25) is 0 Å². The smallest absolute Gasteiger partial charge is 0.151 e. The average molecular weight is 726 g/mol. The van der Waals surface area contributed by atoms with E-state index in [1.165, 1.54) is 44.5 Å². The number of allylic oxidation sites excluding steroid dienone is 8. The molecule has 0 amide bonds. The number of amidine groups is 2. The van der Waals surface area contributed by atoms with E-state index in [0.717, 1.165) is 42.2 Å². The summed E-state index contributed by atoms with van der Waals surface area (Å²) >= 11 is 0. The summed E-state index contributed by atoms with van der Waals surface area (Å²) in [5.74, 6) is 2.62. The van der Waals surface area contributed by atoms with Crippen molar-refractivity contribution < 1.29 is 4.74 Å². The lowest BCUT2D eigenvalue weighted by Gasteiger charge is -2.52. The third-order valence-corrected chi connectivity index (χ3v) is 12.0. The van der Waals surface area contributed by atoms with Crippen LogP contribution in [-0.4, -0.2) is 23.9 Å². The Kier molecular flexibility index (Phi) is 8.87. The molecule has 56 heavy (non-hydrogen) atoms. The topological polar surface area (TPSA) is 46.0 Å². The number of hydrogen-bond donors (Lipinski definition) is 1. The molecule has 0 saturated carbocycles. The number of hydrogen-bond acceptors (Lipinski definition) is 4. The Morgan fingerprint density at radius 2 is 1.18 bits per heavy atom. The fraction of sp³-hybridized carbons (Fsp3) is 0.154. The minimum Gasteiger partial charge on any atom is -0.485 e. The van der Waals surface area contributed by atoms with Crippen molar-refractivity contribution in [2.24, 2.45) is 21.8 Å². The van der Waals surface area contributed by atoms with Crippen molar-refractivity contribution >= 4 is 17.2 Å². The molecule has 5 aromatic carbocycles. The minimum absolute atomic E-state index is 0.0105. The van der Waals surface area contributed by atoms with Crippen LogP contribution in [0.1, 0.15) is 41.5 Å². The molecule has 5 aliphatic rings. The summed E-state index contributed by atoms with van der Waals surface area (Å²) in [6.45, 7) is 0. The van der Waals surface area contributed by atoms with Crippen molar-refractivity contribution in [1.82, 2.24) is 5.32 Å². The zero-order valence-corrected chi connectivity index (χ0v) is 31.2. The first-order valence-electron chi connectivity index (χ1n) is 19.8. The highest BCUT2D eigenvalue weighted by molar-refractivity contribution is 6.16. The Morgan fingerprint density at radius 1 is 0.554 bits per heavy atom. The third-order valence-electron chi connectivity index (χ3n) is 12.0. The maximum Gasteiger partial charge on any atom is 0.151 e. The van der Waals surface area contributed by atoms with Crippen molar-refractivity contribution in [1.29, 1.82) is 0 Å². The molecule has 5 unspecified atom stereocenters. The van der Waals surface area contributed by atoms with Crippen molar-refractivity contribution in [2.45, 2.75) is 36.9 Å². The van der Waals surface area contributed by atoms with Crippen LogP contribution in [0.5, 0.6) is 5.75 Å². The molecule has 2 aliphatic heterocycles. The maximum atomic E-state index is 6.80. The predicted molar refractivity (Wildman–Crippen MR) is 230 cm³/mol. The van der Waals surface area contributed by atoms with Crippen LogP contribution < -0.4 is 10.1 Å². The Bertz CT molecular complexity index is 2500. The van der Waals surface area contributed by atoms with E-state index in [4.69, 9.17) is 14.7 Å². The first-order chi connectivity index (χ1) is 27.8. The number of nitrogens with one attached hydrogen (secondary N) is 1. The van der Waals surface area contributed by atoms with Crippen LogP contribution in [0.25, 0.3) is 16.7 Å². The van der Waals surface area contributed by atoms with Gasteiger partial charge in [-0.3, -0.25) is 0 Å². The second-order valence-corrected chi connectivity index (χ2v) is 15.1. The van der Waals surface area contributed by atoms with Gasteiger partial charge < -0.3 is 10.1 Å². The van der Waals surface area contributed by atoms with Crippen LogP contribution in [0.15, 0.2) is 215 Å². The van der Waals surface area contributed by atoms with Crippen LogP contribution in [0.3, 0.4) is 0 Å². The summed E-state index contributed by atoms with van der Waals surface area (Å²) in [6.07, 6.45) is 22.7. The molecule has 2 heterocycles. The number of rotatable bonds is 7. The van der Waals surface area contributed by atoms with Crippen LogP contribution >= 0.6 is 0 Å². The summed E-state index contributed by atoms with van der Waals surface area (Å²) in [5, 5.41) is 3.74. The molecule has 0 bridgehead atoms. The standard InChI is InChI=1S/C52H43N3O/c1-4-16-36(17-5-1)38-28-32-40(33-29-38)49-53-50(41-34-30-39(31-35-41)37-18-6-2-7-19-37)55-51(54-49)43-22-10-11-23-44(43)52(42-20-8-3-9-21-42)45-24-12-14-26-47(45)56-48-27-15-13-25-46(48)52/h1-26,28-30,32-34,43-44,48,51H,27,31,35H2,(H,53,54,55). The lowest BCUT2D eigenvalue weighted by atomic mass is 9.54. The summed E-state index contributed by atoms with van der Waals surface area (Å²) in [4.78, 5) is 11.1. The Labute approximate surface area is 329 Å². The zero-order valence-electron chi connectivity index (χ0n) is 31.2. The van der Waals surface area contributed by atoms with Gasteiger partial charge in [0.15, 0.2) is 6.17 Å².